The number of esters is 2. The molecule has 0 bridgehead atoms. The van der Waals surface area contributed by atoms with E-state index in [2.05, 4.69) is 30.5 Å². The molecule has 1 unspecified atom stereocenters. The van der Waals surface area contributed by atoms with Crippen LogP contribution in [0.2, 0.25) is 0 Å². The van der Waals surface area contributed by atoms with Crippen molar-refractivity contribution in [2.75, 3.05) is 13.2 Å². The lowest BCUT2D eigenvalue weighted by Crippen LogP contribution is -2.29. The van der Waals surface area contributed by atoms with Crippen LogP contribution in [0.3, 0.4) is 0 Å². The first-order chi connectivity index (χ1) is 18.3. The van der Waals surface area contributed by atoms with E-state index in [4.69, 9.17) is 19.3 Å². The first-order valence-corrected chi connectivity index (χ1v) is 16.5. The van der Waals surface area contributed by atoms with E-state index in [0.717, 1.165) is 64.2 Å². The second-order valence-corrected chi connectivity index (χ2v) is 11.3. The molecule has 0 aliphatic rings. The molecule has 0 saturated heterocycles. The van der Waals surface area contributed by atoms with Crippen molar-refractivity contribution in [2.45, 2.75) is 148 Å². The molecule has 0 aliphatic carbocycles. The fourth-order valence-electron chi connectivity index (χ4n) is 4.01. The molecule has 224 valence electrons. The van der Waals surface area contributed by atoms with E-state index in [-0.39, 0.29) is 19.4 Å². The second-order valence-electron chi connectivity index (χ2n) is 10.1. The summed E-state index contributed by atoms with van der Waals surface area (Å²) in [6.07, 6.45) is 24.1. The van der Waals surface area contributed by atoms with Crippen LogP contribution >= 0.6 is 7.82 Å². The van der Waals surface area contributed by atoms with E-state index in [1.807, 2.05) is 0 Å². The molecule has 0 aromatic rings. The van der Waals surface area contributed by atoms with Crippen molar-refractivity contribution in [1.82, 2.24) is 0 Å². The maximum Gasteiger partial charge on any atom is 0.469 e. The molecule has 38 heavy (non-hydrogen) atoms. The third-order valence-corrected chi connectivity index (χ3v) is 6.77. The Morgan fingerprint density at radius 1 is 0.658 bits per heavy atom. The van der Waals surface area contributed by atoms with Crippen LogP contribution in [0.15, 0.2) is 12.2 Å². The summed E-state index contributed by atoms with van der Waals surface area (Å²) in [6.45, 7) is 3.54. The minimum Gasteiger partial charge on any atom is -0.462 e. The number of phosphoric acid groups is 1. The summed E-state index contributed by atoms with van der Waals surface area (Å²) in [7, 11) is -4.73. The molecule has 0 fully saturated rings. The van der Waals surface area contributed by atoms with Crippen molar-refractivity contribution in [3.05, 3.63) is 12.2 Å². The lowest BCUT2D eigenvalue weighted by atomic mass is 10.1. The Balaban J connectivity index is 3.99. The van der Waals surface area contributed by atoms with E-state index in [9.17, 15) is 14.2 Å². The molecule has 8 nitrogen and oxygen atoms in total. The first kappa shape index (κ1) is 36.8. The zero-order valence-electron chi connectivity index (χ0n) is 24.1. The molecule has 0 amide bonds. The molecule has 0 saturated carbocycles. The Labute approximate surface area is 231 Å². The van der Waals surface area contributed by atoms with Gasteiger partial charge in [-0.1, -0.05) is 103 Å². The van der Waals surface area contributed by atoms with Crippen molar-refractivity contribution < 1.29 is 37.9 Å². The van der Waals surface area contributed by atoms with Crippen LogP contribution in [0.1, 0.15) is 142 Å². The number of phosphoric ester groups is 1. The normalized spacial score (nSPS) is 12.6. The lowest BCUT2D eigenvalue weighted by molar-refractivity contribution is -0.161. The Morgan fingerprint density at radius 2 is 1.11 bits per heavy atom. The van der Waals surface area contributed by atoms with Crippen molar-refractivity contribution in [1.29, 1.82) is 0 Å². The van der Waals surface area contributed by atoms with Gasteiger partial charge in [0.15, 0.2) is 6.10 Å². The molecule has 0 aromatic heterocycles. The van der Waals surface area contributed by atoms with Gasteiger partial charge in [0.2, 0.25) is 0 Å². The third-order valence-electron chi connectivity index (χ3n) is 6.28. The molecule has 9 heteroatoms. The molecule has 0 heterocycles. The summed E-state index contributed by atoms with van der Waals surface area (Å²) in [6, 6.07) is 0. The van der Waals surface area contributed by atoms with Gasteiger partial charge in [0.1, 0.15) is 6.61 Å². The zero-order chi connectivity index (χ0) is 28.3. The average molecular weight is 563 g/mol. The van der Waals surface area contributed by atoms with Gasteiger partial charge in [-0.25, -0.2) is 4.57 Å². The van der Waals surface area contributed by atoms with Crippen LogP contribution in [0.25, 0.3) is 0 Å². The maximum absolute atomic E-state index is 12.2. The minimum absolute atomic E-state index is 0.204. The predicted octanol–water partition coefficient (Wildman–Crippen LogP) is 7.95. The number of rotatable bonds is 27. The van der Waals surface area contributed by atoms with Crippen LogP contribution in [0.5, 0.6) is 0 Å². The largest absolute Gasteiger partial charge is 0.469 e. The third kappa shape index (κ3) is 27.8. The van der Waals surface area contributed by atoms with Gasteiger partial charge in [-0.15, -0.1) is 0 Å². The van der Waals surface area contributed by atoms with Crippen LogP contribution in [-0.2, 0) is 28.2 Å². The SMILES string of the molecule is CCCCCCCC/C=C\CCCCCCCC(=O)OC(COC(=O)CCCCCCC)COP(=O)(O)O. The van der Waals surface area contributed by atoms with Crippen LogP contribution in [-0.4, -0.2) is 41.0 Å². The van der Waals surface area contributed by atoms with Crippen LogP contribution in [0, 0.1) is 0 Å². The number of ether oxygens (including phenoxy) is 2. The van der Waals surface area contributed by atoms with Gasteiger partial charge in [0, 0.05) is 12.8 Å². The van der Waals surface area contributed by atoms with Crippen LogP contribution in [0.4, 0.5) is 0 Å². The zero-order valence-corrected chi connectivity index (χ0v) is 25.0. The van der Waals surface area contributed by atoms with Gasteiger partial charge in [0.05, 0.1) is 6.61 Å². The van der Waals surface area contributed by atoms with Gasteiger partial charge in [-0.2, -0.15) is 0 Å². The smallest absolute Gasteiger partial charge is 0.462 e. The summed E-state index contributed by atoms with van der Waals surface area (Å²) in [5.74, 6) is -0.909. The van der Waals surface area contributed by atoms with Gasteiger partial charge < -0.3 is 19.3 Å². The molecule has 0 radical (unpaired) electrons. The Morgan fingerprint density at radius 3 is 1.61 bits per heavy atom. The Bertz CT molecular complexity index is 646. The highest BCUT2D eigenvalue weighted by Gasteiger charge is 2.22. The van der Waals surface area contributed by atoms with Crippen molar-refractivity contribution in [3.8, 4) is 0 Å². The molecular weight excluding hydrogens is 507 g/mol. The minimum atomic E-state index is -4.73. The molecule has 0 aromatic carbocycles. The Hall–Kier alpha value is -1.21. The van der Waals surface area contributed by atoms with Crippen molar-refractivity contribution in [2.24, 2.45) is 0 Å². The fraction of sp³-hybridized carbons (Fsp3) is 0.862. The number of hydrogen-bond donors (Lipinski definition) is 2. The van der Waals surface area contributed by atoms with Gasteiger partial charge >= 0.3 is 19.8 Å². The topological polar surface area (TPSA) is 119 Å². The molecule has 1 atom stereocenters. The highest BCUT2D eigenvalue weighted by molar-refractivity contribution is 7.46. The predicted molar refractivity (Wildman–Crippen MR) is 152 cm³/mol. The lowest BCUT2D eigenvalue weighted by Gasteiger charge is -2.18. The summed E-state index contributed by atoms with van der Waals surface area (Å²) in [5.41, 5.74) is 0. The van der Waals surface area contributed by atoms with Crippen molar-refractivity contribution in [3.63, 3.8) is 0 Å². The van der Waals surface area contributed by atoms with Gasteiger partial charge in [0.25, 0.3) is 0 Å². The summed E-state index contributed by atoms with van der Waals surface area (Å²) in [4.78, 5) is 42.0. The average Bonchev–Trinajstić information content (AvgIpc) is 2.87. The summed E-state index contributed by atoms with van der Waals surface area (Å²) < 4.78 is 25.9. The number of carbonyl (C=O) groups excluding carboxylic acids is 2. The molecule has 0 rings (SSSR count). The highest BCUT2D eigenvalue weighted by Crippen LogP contribution is 2.35. The summed E-state index contributed by atoms with van der Waals surface area (Å²) >= 11 is 0. The summed E-state index contributed by atoms with van der Waals surface area (Å²) in [5, 5.41) is 0. The Kier molecular flexibility index (Phi) is 25.2. The van der Waals surface area contributed by atoms with Crippen LogP contribution < -0.4 is 0 Å². The molecular formula is C29H55O8P. The van der Waals surface area contributed by atoms with E-state index in [1.165, 1.54) is 44.9 Å². The quantitative estimate of drug-likeness (QED) is 0.0448. The highest BCUT2D eigenvalue weighted by atomic mass is 31.2. The second kappa shape index (κ2) is 26.0. The molecule has 2 N–H and O–H groups in total. The first-order valence-electron chi connectivity index (χ1n) is 15.0. The maximum atomic E-state index is 12.2. The number of carbonyl (C=O) groups is 2. The fourth-order valence-corrected chi connectivity index (χ4v) is 4.37. The molecule has 0 spiro atoms. The van der Waals surface area contributed by atoms with E-state index >= 15 is 0 Å². The number of unbranched alkanes of at least 4 members (excludes halogenated alkanes) is 15. The van der Waals surface area contributed by atoms with Gasteiger partial charge in [-0.05, 0) is 38.5 Å². The standard InChI is InChI=1S/C29H55O8P/c1-3-5-7-9-10-11-12-13-14-15-16-17-18-20-22-24-29(31)37-27(26-36-38(32,33)34)25-35-28(30)23-21-19-8-6-4-2/h13-14,27H,3-12,15-26H2,1-2H3,(H2,32,33,34)/b14-13-. The van der Waals surface area contributed by atoms with E-state index in [0.29, 0.717) is 6.42 Å². The monoisotopic (exact) mass is 562 g/mol. The van der Waals surface area contributed by atoms with Crippen molar-refractivity contribution >= 4 is 19.8 Å². The van der Waals surface area contributed by atoms with E-state index in [1.54, 1.807) is 0 Å². The molecule has 0 aliphatic heterocycles. The number of allylic oxidation sites excluding steroid dienone is 2. The van der Waals surface area contributed by atoms with Gasteiger partial charge in [-0.3, -0.25) is 14.1 Å². The number of hydrogen-bond acceptors (Lipinski definition) is 6. The van der Waals surface area contributed by atoms with E-state index < -0.39 is 32.5 Å².